The summed E-state index contributed by atoms with van der Waals surface area (Å²) in [7, 11) is 0. The summed E-state index contributed by atoms with van der Waals surface area (Å²) < 4.78 is 5.40. The summed E-state index contributed by atoms with van der Waals surface area (Å²) in [6, 6.07) is 0. The first-order valence-electron chi connectivity index (χ1n) is 4.74. The Hall–Kier alpha value is -0.960. The van der Waals surface area contributed by atoms with Crippen LogP contribution in [0.5, 0.6) is 0 Å². The average Bonchev–Trinajstić information content (AvgIpc) is 2.16. The topological polar surface area (TPSA) is 35.0 Å². The van der Waals surface area contributed by atoms with E-state index in [0.29, 0.717) is 6.61 Å². The smallest absolute Gasteiger partial charge is 0.125 e. The van der Waals surface area contributed by atoms with Gasteiger partial charge >= 0.3 is 0 Å². The highest BCUT2D eigenvalue weighted by atomic mass is 16.5. The van der Waals surface area contributed by atoms with Gasteiger partial charge in [0.15, 0.2) is 0 Å². The second kappa shape index (κ2) is 3.42. The molecular weight excluding hydrogens is 164 g/mol. The van der Waals surface area contributed by atoms with E-state index in [0.717, 1.165) is 31.0 Å². The normalized spacial score (nSPS) is 15.5. The highest BCUT2D eigenvalue weighted by molar-refractivity contribution is 5.26. The Labute approximate surface area is 78.2 Å². The molecule has 0 fully saturated rings. The lowest BCUT2D eigenvalue weighted by Gasteiger charge is -2.18. The molecule has 0 amide bonds. The Morgan fingerprint density at radius 1 is 1.38 bits per heavy atom. The number of aromatic nitrogens is 2. The molecule has 1 aliphatic rings. The molecule has 1 aromatic rings. The van der Waals surface area contributed by atoms with Gasteiger partial charge in [0.25, 0.3) is 0 Å². The van der Waals surface area contributed by atoms with E-state index in [2.05, 4.69) is 16.9 Å². The lowest BCUT2D eigenvalue weighted by Crippen LogP contribution is -2.16. The second-order valence-electron chi connectivity index (χ2n) is 3.30. The number of hydrogen-bond acceptors (Lipinski definition) is 3. The lowest BCUT2D eigenvalue weighted by atomic mass is 10.1. The van der Waals surface area contributed by atoms with Crippen LogP contribution < -0.4 is 0 Å². The van der Waals surface area contributed by atoms with Gasteiger partial charge in [0.05, 0.1) is 18.9 Å². The Balaban J connectivity index is 2.50. The van der Waals surface area contributed by atoms with Gasteiger partial charge in [-0.3, -0.25) is 0 Å². The maximum absolute atomic E-state index is 5.40. The van der Waals surface area contributed by atoms with Crippen molar-refractivity contribution in [3.63, 3.8) is 0 Å². The monoisotopic (exact) mass is 178 g/mol. The van der Waals surface area contributed by atoms with Crippen LogP contribution in [-0.4, -0.2) is 16.6 Å². The summed E-state index contributed by atoms with van der Waals surface area (Å²) in [5.74, 6) is 0.887. The van der Waals surface area contributed by atoms with Crippen molar-refractivity contribution in [1.82, 2.24) is 9.97 Å². The summed E-state index contributed by atoms with van der Waals surface area (Å²) in [5, 5.41) is 0. The molecule has 2 heterocycles. The molecule has 70 valence electrons. The van der Waals surface area contributed by atoms with Gasteiger partial charge in [-0.25, -0.2) is 9.97 Å². The van der Waals surface area contributed by atoms with Gasteiger partial charge in [-0.05, 0) is 13.3 Å². The molecule has 0 aromatic carbocycles. The third-order valence-electron chi connectivity index (χ3n) is 2.35. The van der Waals surface area contributed by atoms with Crippen molar-refractivity contribution in [2.24, 2.45) is 0 Å². The van der Waals surface area contributed by atoms with Gasteiger partial charge in [0, 0.05) is 17.7 Å². The summed E-state index contributed by atoms with van der Waals surface area (Å²) in [5.41, 5.74) is 3.57. The van der Waals surface area contributed by atoms with E-state index in [1.165, 1.54) is 11.3 Å². The number of nitrogens with zero attached hydrogens (tertiary/aromatic N) is 2. The standard InChI is InChI=1S/C10H14N2O/c1-3-9-8-6-13-5-4-10(8)12-7(2)11-9/h3-6H2,1-2H3. The molecule has 0 saturated heterocycles. The molecular formula is C10H14N2O. The van der Waals surface area contributed by atoms with E-state index < -0.39 is 0 Å². The van der Waals surface area contributed by atoms with Crippen LogP contribution in [0, 0.1) is 6.92 Å². The molecule has 3 heteroatoms. The molecule has 0 bridgehead atoms. The average molecular weight is 178 g/mol. The fourth-order valence-corrected chi connectivity index (χ4v) is 1.73. The van der Waals surface area contributed by atoms with Crippen LogP contribution in [0.2, 0.25) is 0 Å². The van der Waals surface area contributed by atoms with Gasteiger partial charge in [0.2, 0.25) is 0 Å². The minimum atomic E-state index is 0.693. The predicted molar refractivity (Wildman–Crippen MR) is 49.5 cm³/mol. The van der Waals surface area contributed by atoms with Crippen molar-refractivity contribution < 1.29 is 4.74 Å². The number of ether oxygens (including phenoxy) is 1. The van der Waals surface area contributed by atoms with Crippen molar-refractivity contribution in [1.29, 1.82) is 0 Å². The quantitative estimate of drug-likeness (QED) is 0.652. The Kier molecular flexibility index (Phi) is 2.27. The number of hydrogen-bond donors (Lipinski definition) is 0. The van der Waals surface area contributed by atoms with E-state index in [9.17, 15) is 0 Å². The SMILES string of the molecule is CCc1nc(C)nc2c1COCC2. The van der Waals surface area contributed by atoms with E-state index in [1.807, 2.05) is 6.92 Å². The van der Waals surface area contributed by atoms with Crippen LogP contribution >= 0.6 is 0 Å². The van der Waals surface area contributed by atoms with Crippen molar-refractivity contribution >= 4 is 0 Å². The molecule has 13 heavy (non-hydrogen) atoms. The summed E-state index contributed by atoms with van der Waals surface area (Å²) in [6.45, 7) is 5.57. The van der Waals surface area contributed by atoms with Crippen LogP contribution in [0.3, 0.4) is 0 Å². The summed E-state index contributed by atoms with van der Waals surface area (Å²) in [4.78, 5) is 8.85. The molecule has 0 saturated carbocycles. The largest absolute Gasteiger partial charge is 0.376 e. The van der Waals surface area contributed by atoms with E-state index in [4.69, 9.17) is 4.74 Å². The minimum absolute atomic E-state index is 0.693. The van der Waals surface area contributed by atoms with Gasteiger partial charge < -0.3 is 4.74 Å². The zero-order valence-electron chi connectivity index (χ0n) is 8.13. The van der Waals surface area contributed by atoms with Crippen LogP contribution in [-0.2, 0) is 24.2 Å². The molecule has 1 aromatic heterocycles. The molecule has 0 unspecified atom stereocenters. The molecule has 1 aliphatic heterocycles. The van der Waals surface area contributed by atoms with Crippen LogP contribution in [0.15, 0.2) is 0 Å². The highest BCUT2D eigenvalue weighted by Gasteiger charge is 2.15. The second-order valence-corrected chi connectivity index (χ2v) is 3.30. The summed E-state index contributed by atoms with van der Waals surface area (Å²) >= 11 is 0. The third kappa shape index (κ3) is 1.56. The Morgan fingerprint density at radius 3 is 3.00 bits per heavy atom. The molecule has 0 radical (unpaired) electrons. The Morgan fingerprint density at radius 2 is 2.23 bits per heavy atom. The summed E-state index contributed by atoms with van der Waals surface area (Å²) in [6.07, 6.45) is 1.90. The van der Waals surface area contributed by atoms with Gasteiger partial charge in [-0.1, -0.05) is 6.92 Å². The Bertz CT molecular complexity index is 306. The lowest BCUT2D eigenvalue weighted by molar-refractivity contribution is 0.108. The molecule has 2 rings (SSSR count). The predicted octanol–water partition coefficient (Wildman–Crippen LogP) is 1.42. The van der Waals surface area contributed by atoms with E-state index in [-0.39, 0.29) is 0 Å². The van der Waals surface area contributed by atoms with E-state index >= 15 is 0 Å². The first-order valence-corrected chi connectivity index (χ1v) is 4.74. The van der Waals surface area contributed by atoms with Crippen molar-refractivity contribution in [3.8, 4) is 0 Å². The minimum Gasteiger partial charge on any atom is -0.376 e. The molecule has 3 nitrogen and oxygen atoms in total. The molecule has 0 atom stereocenters. The van der Waals surface area contributed by atoms with Gasteiger partial charge in [-0.15, -0.1) is 0 Å². The third-order valence-corrected chi connectivity index (χ3v) is 2.35. The van der Waals surface area contributed by atoms with E-state index in [1.54, 1.807) is 0 Å². The highest BCUT2D eigenvalue weighted by Crippen LogP contribution is 2.18. The van der Waals surface area contributed by atoms with Crippen LogP contribution in [0.1, 0.15) is 29.7 Å². The first kappa shape index (κ1) is 8.63. The van der Waals surface area contributed by atoms with Crippen LogP contribution in [0.4, 0.5) is 0 Å². The number of rotatable bonds is 1. The molecule has 0 aliphatic carbocycles. The molecule has 0 N–H and O–H groups in total. The molecule has 0 spiro atoms. The fourth-order valence-electron chi connectivity index (χ4n) is 1.73. The zero-order chi connectivity index (χ0) is 9.26. The van der Waals surface area contributed by atoms with Crippen molar-refractivity contribution in [3.05, 3.63) is 22.8 Å². The van der Waals surface area contributed by atoms with Crippen molar-refractivity contribution in [2.45, 2.75) is 33.3 Å². The van der Waals surface area contributed by atoms with Crippen molar-refractivity contribution in [2.75, 3.05) is 6.61 Å². The maximum Gasteiger partial charge on any atom is 0.125 e. The number of fused-ring (bicyclic) bond motifs is 1. The van der Waals surface area contributed by atoms with Gasteiger partial charge in [0.1, 0.15) is 5.82 Å². The first-order chi connectivity index (χ1) is 6.31. The fraction of sp³-hybridized carbons (Fsp3) is 0.600. The van der Waals surface area contributed by atoms with Crippen LogP contribution in [0.25, 0.3) is 0 Å². The zero-order valence-corrected chi connectivity index (χ0v) is 8.13. The number of aryl methyl sites for hydroxylation is 2. The maximum atomic E-state index is 5.40. The van der Waals surface area contributed by atoms with Gasteiger partial charge in [-0.2, -0.15) is 0 Å².